The molecule has 0 aliphatic heterocycles. The molecule has 0 aromatic carbocycles. The van der Waals surface area contributed by atoms with Crippen LogP contribution in [-0.2, 0) is 35.1 Å². The van der Waals surface area contributed by atoms with Crippen LogP contribution in [-0.4, -0.2) is 85.1 Å². The first-order valence-corrected chi connectivity index (χ1v) is 12.8. The molecule has 2 aromatic rings. The van der Waals surface area contributed by atoms with Crippen molar-refractivity contribution in [3.05, 3.63) is 96.7 Å². The zero-order valence-electron chi connectivity index (χ0n) is 24.7. The average Bonchev–Trinajstić information content (AvgIpc) is 3.59. The summed E-state index contributed by atoms with van der Waals surface area (Å²) in [5.41, 5.74) is 2.74. The van der Waals surface area contributed by atoms with Crippen LogP contribution in [0, 0.1) is 11.8 Å². The van der Waals surface area contributed by atoms with E-state index < -0.39 is 0 Å². The molecule has 39 heavy (non-hydrogen) atoms. The summed E-state index contributed by atoms with van der Waals surface area (Å²) >= 11 is 0. The Bertz CT molecular complexity index is 959. The molecular formula is C30H46Cl2N6Ti. The number of halogens is 2. The fraction of sp³-hybridized carbons (Fsp3) is 0.467. The molecule has 2 unspecified atom stereocenters. The number of hydrogen-bond acceptors (Lipinski definition) is 4. The maximum atomic E-state index is 2.32. The third-order valence-electron chi connectivity index (χ3n) is 6.60. The second-order valence-corrected chi connectivity index (χ2v) is 10.8. The molecule has 0 radical (unpaired) electrons. The van der Waals surface area contributed by atoms with E-state index in [4.69, 9.17) is 0 Å². The van der Waals surface area contributed by atoms with Gasteiger partial charge >= 0.3 is 21.7 Å². The molecule has 214 valence electrons. The first kappa shape index (κ1) is 37.7. The van der Waals surface area contributed by atoms with Crippen molar-refractivity contribution in [3.63, 3.8) is 0 Å². The summed E-state index contributed by atoms with van der Waals surface area (Å²) < 4.78 is 4.65. The predicted octanol–water partition coefficient (Wildman–Crippen LogP) is -1.29. The summed E-state index contributed by atoms with van der Waals surface area (Å²) in [6, 6.07) is 9.53. The molecule has 0 bridgehead atoms. The molecule has 2 heterocycles. The number of rotatable bonds is 10. The minimum Gasteiger partial charge on any atom is -1.00 e. The maximum absolute atomic E-state index is 2.32. The Labute approximate surface area is 264 Å². The van der Waals surface area contributed by atoms with Crippen molar-refractivity contribution in [2.45, 2.75) is 25.4 Å². The van der Waals surface area contributed by atoms with Crippen LogP contribution in [0.4, 0.5) is 0 Å². The molecule has 0 fully saturated rings. The molecule has 2 aliphatic carbocycles. The average molecular weight is 610 g/mol. The van der Waals surface area contributed by atoms with Crippen LogP contribution >= 0.6 is 0 Å². The van der Waals surface area contributed by atoms with Crippen molar-refractivity contribution < 1.29 is 46.5 Å². The predicted molar refractivity (Wildman–Crippen MR) is 153 cm³/mol. The zero-order valence-corrected chi connectivity index (χ0v) is 27.8. The summed E-state index contributed by atoms with van der Waals surface area (Å²) in [6.07, 6.45) is 22.0. The van der Waals surface area contributed by atoms with E-state index in [0.717, 1.165) is 13.3 Å². The van der Waals surface area contributed by atoms with Gasteiger partial charge in [-0.25, -0.2) is 0 Å². The molecule has 0 amide bonds. The van der Waals surface area contributed by atoms with Gasteiger partial charge in [0, 0.05) is 35.6 Å². The Balaban J connectivity index is 0.000000688. The van der Waals surface area contributed by atoms with Gasteiger partial charge in [-0.05, 0) is 80.6 Å². The van der Waals surface area contributed by atoms with Gasteiger partial charge < -0.3 is 43.7 Å². The van der Waals surface area contributed by atoms with Gasteiger partial charge in [0.25, 0.3) is 0 Å². The summed E-state index contributed by atoms with van der Waals surface area (Å²) in [4.78, 5) is 8.98. The third-order valence-corrected chi connectivity index (χ3v) is 6.60. The fourth-order valence-corrected chi connectivity index (χ4v) is 5.19. The molecule has 0 saturated heterocycles. The summed E-state index contributed by atoms with van der Waals surface area (Å²) in [5, 5.41) is 0. The third kappa shape index (κ3) is 10.5. The quantitative estimate of drug-likeness (QED) is 0.313. The van der Waals surface area contributed by atoms with Crippen LogP contribution in [0.3, 0.4) is 0 Å². The SMILES string of the molecule is CN(C)Cn1cccc1C(C1C=CC=C1)N(C)C.CN(C)Cn1cccc1C(C1C=CC=C1)N(C)C.[Cl-].[Cl-].[Ti+2]. The standard InChI is InChI=1S/2C15H23N3.2ClH.Ti/c2*1-16(2)12-18-11-7-10-14(18)15(17(3)4)13-8-5-6-9-13;;;/h2*5-11,13,15H,12H2,1-4H3;2*1H;/q;;;;+2/p-2. The van der Waals surface area contributed by atoms with Crippen molar-refractivity contribution in [2.75, 3.05) is 56.4 Å². The van der Waals surface area contributed by atoms with Crippen molar-refractivity contribution in [1.29, 1.82) is 0 Å². The first-order valence-electron chi connectivity index (χ1n) is 12.8. The van der Waals surface area contributed by atoms with Crippen molar-refractivity contribution in [2.24, 2.45) is 11.8 Å². The molecule has 2 aliphatic rings. The van der Waals surface area contributed by atoms with Crippen molar-refractivity contribution >= 4 is 0 Å². The Morgan fingerprint density at radius 3 is 1.15 bits per heavy atom. The molecule has 0 spiro atoms. The van der Waals surface area contributed by atoms with Gasteiger partial charge in [0.15, 0.2) is 0 Å². The normalized spacial score (nSPS) is 15.9. The van der Waals surface area contributed by atoms with Gasteiger partial charge in [0.1, 0.15) is 0 Å². The number of aromatic nitrogens is 2. The molecule has 2 aromatic heterocycles. The molecule has 0 saturated carbocycles. The first-order chi connectivity index (χ1) is 17.2. The topological polar surface area (TPSA) is 22.8 Å². The largest absolute Gasteiger partial charge is 2.00 e. The van der Waals surface area contributed by atoms with Gasteiger partial charge in [-0.15, -0.1) is 0 Å². The van der Waals surface area contributed by atoms with E-state index in [1.165, 1.54) is 11.4 Å². The van der Waals surface area contributed by atoms with Crippen LogP contribution in [0.25, 0.3) is 0 Å². The Hall–Kier alpha value is -1.35. The monoisotopic (exact) mass is 608 g/mol. The molecule has 2 atom stereocenters. The van der Waals surface area contributed by atoms with Crippen LogP contribution in [0.2, 0.25) is 0 Å². The Morgan fingerprint density at radius 1 is 0.590 bits per heavy atom. The van der Waals surface area contributed by atoms with E-state index >= 15 is 0 Å². The van der Waals surface area contributed by atoms with Gasteiger partial charge in [-0.1, -0.05) is 48.6 Å². The summed E-state index contributed by atoms with van der Waals surface area (Å²) in [5.74, 6) is 0.937. The van der Waals surface area contributed by atoms with E-state index in [0.29, 0.717) is 23.9 Å². The van der Waals surface area contributed by atoms with Gasteiger partial charge in [-0.3, -0.25) is 9.80 Å². The number of hydrogen-bond donors (Lipinski definition) is 0. The Kier molecular flexibility index (Phi) is 17.5. The van der Waals surface area contributed by atoms with Gasteiger partial charge in [0.05, 0.1) is 25.4 Å². The van der Waals surface area contributed by atoms with Crippen LogP contribution in [0.5, 0.6) is 0 Å². The molecular weight excluding hydrogens is 563 g/mol. The second kappa shape index (κ2) is 18.2. The molecule has 4 rings (SSSR count). The zero-order chi connectivity index (χ0) is 26.2. The van der Waals surface area contributed by atoms with Gasteiger partial charge in [-0.2, -0.15) is 0 Å². The van der Waals surface area contributed by atoms with Crippen LogP contribution < -0.4 is 24.8 Å². The summed E-state index contributed by atoms with van der Waals surface area (Å²) in [7, 11) is 17.0. The van der Waals surface area contributed by atoms with Gasteiger partial charge in [0.2, 0.25) is 0 Å². The van der Waals surface area contributed by atoms with Crippen LogP contribution in [0.1, 0.15) is 23.5 Å². The van der Waals surface area contributed by atoms with E-state index in [9.17, 15) is 0 Å². The fourth-order valence-electron chi connectivity index (χ4n) is 5.19. The van der Waals surface area contributed by atoms with E-state index in [2.05, 4.69) is 170 Å². The van der Waals surface area contributed by atoms with E-state index in [-0.39, 0.29) is 46.5 Å². The second-order valence-electron chi connectivity index (χ2n) is 10.8. The number of nitrogens with zero attached hydrogens (tertiary/aromatic N) is 6. The van der Waals surface area contributed by atoms with E-state index in [1.54, 1.807) is 0 Å². The van der Waals surface area contributed by atoms with E-state index in [1.807, 2.05) is 0 Å². The smallest absolute Gasteiger partial charge is 1.00 e. The Morgan fingerprint density at radius 2 is 0.897 bits per heavy atom. The number of allylic oxidation sites excluding steroid dienone is 4. The van der Waals surface area contributed by atoms with Crippen LogP contribution in [0.15, 0.2) is 85.3 Å². The minimum absolute atomic E-state index is 0. The molecule has 0 N–H and O–H groups in total. The molecule has 6 nitrogen and oxygen atoms in total. The molecule has 9 heteroatoms. The van der Waals surface area contributed by atoms with Crippen molar-refractivity contribution in [1.82, 2.24) is 28.7 Å². The van der Waals surface area contributed by atoms with Crippen molar-refractivity contribution in [3.8, 4) is 0 Å². The summed E-state index contributed by atoms with van der Waals surface area (Å²) in [6.45, 7) is 1.85. The maximum Gasteiger partial charge on any atom is 2.00 e. The minimum atomic E-state index is 0.